The number of halogens is 2. The molecule has 0 radical (unpaired) electrons. The average molecular weight is 267 g/mol. The molecule has 0 aliphatic heterocycles. The van der Waals surface area contributed by atoms with Gasteiger partial charge in [0, 0.05) is 24.0 Å². The molecule has 15 heavy (non-hydrogen) atoms. The molecule has 0 saturated heterocycles. The van der Waals surface area contributed by atoms with E-state index in [2.05, 4.69) is 10.3 Å². The molecule has 1 N–H and O–H groups in total. The molecule has 6 heteroatoms. The van der Waals surface area contributed by atoms with E-state index < -0.39 is 4.84 Å². The van der Waals surface area contributed by atoms with Gasteiger partial charge in [-0.3, -0.25) is 4.79 Å². The van der Waals surface area contributed by atoms with Crippen LogP contribution in [-0.2, 0) is 11.2 Å². The molecular formula is C9H12Cl2N2OS. The van der Waals surface area contributed by atoms with Crippen molar-refractivity contribution >= 4 is 40.4 Å². The minimum absolute atomic E-state index is 0.339. The van der Waals surface area contributed by atoms with Gasteiger partial charge in [-0.05, 0) is 13.3 Å². The first-order valence-corrected chi connectivity index (χ1v) is 6.31. The number of nitrogens with one attached hydrogen (secondary N) is 1. The topological polar surface area (TPSA) is 42.0 Å². The van der Waals surface area contributed by atoms with Crippen molar-refractivity contribution in [3.05, 3.63) is 16.1 Å². The summed E-state index contributed by atoms with van der Waals surface area (Å²) in [6, 6.07) is 0. The number of carbonyl (C=O) groups excluding carboxylic acids is 1. The van der Waals surface area contributed by atoms with Crippen molar-refractivity contribution in [3.63, 3.8) is 0 Å². The van der Waals surface area contributed by atoms with Crippen LogP contribution in [0.4, 0.5) is 0 Å². The van der Waals surface area contributed by atoms with Gasteiger partial charge in [-0.2, -0.15) is 0 Å². The lowest BCUT2D eigenvalue weighted by Crippen LogP contribution is -2.29. The first-order valence-electron chi connectivity index (χ1n) is 4.56. The second-order valence-electron chi connectivity index (χ2n) is 3.08. The number of alkyl halides is 2. The molecule has 1 aromatic rings. The Hall–Kier alpha value is -0.320. The highest BCUT2D eigenvalue weighted by molar-refractivity contribution is 7.09. The predicted molar refractivity (Wildman–Crippen MR) is 63.7 cm³/mol. The van der Waals surface area contributed by atoms with E-state index in [-0.39, 0.29) is 5.91 Å². The van der Waals surface area contributed by atoms with Crippen LogP contribution < -0.4 is 5.32 Å². The van der Waals surface area contributed by atoms with Gasteiger partial charge in [-0.1, -0.05) is 23.2 Å². The summed E-state index contributed by atoms with van der Waals surface area (Å²) in [5.74, 6) is -0.339. The Balaban J connectivity index is 2.15. The van der Waals surface area contributed by atoms with E-state index in [1.807, 2.05) is 12.3 Å². The largest absolute Gasteiger partial charge is 0.354 e. The zero-order chi connectivity index (χ0) is 11.3. The summed E-state index contributed by atoms with van der Waals surface area (Å²) < 4.78 is 0. The van der Waals surface area contributed by atoms with Crippen LogP contribution in [0.1, 0.15) is 17.1 Å². The number of hydrogen-bond donors (Lipinski definition) is 1. The Labute approximate surface area is 103 Å². The molecule has 0 bridgehead atoms. The number of thiazole rings is 1. The van der Waals surface area contributed by atoms with Gasteiger partial charge >= 0.3 is 0 Å². The molecule has 1 rings (SSSR count). The summed E-state index contributed by atoms with van der Waals surface area (Å²) in [5.41, 5.74) is 1.04. The van der Waals surface area contributed by atoms with Crippen LogP contribution in [0, 0.1) is 6.92 Å². The van der Waals surface area contributed by atoms with Crippen molar-refractivity contribution in [1.29, 1.82) is 0 Å². The fourth-order valence-electron chi connectivity index (χ4n) is 1.05. The molecule has 1 aromatic heterocycles. The van der Waals surface area contributed by atoms with Crippen LogP contribution >= 0.6 is 34.5 Å². The number of aromatic nitrogens is 1. The summed E-state index contributed by atoms with van der Waals surface area (Å²) in [4.78, 5) is 14.3. The molecule has 0 aliphatic rings. The number of nitrogens with zero attached hydrogens (tertiary/aromatic N) is 1. The Morgan fingerprint density at radius 1 is 1.67 bits per heavy atom. The first-order chi connectivity index (χ1) is 7.09. The fraction of sp³-hybridized carbons (Fsp3) is 0.556. The van der Waals surface area contributed by atoms with Crippen LogP contribution in [0.5, 0.6) is 0 Å². The van der Waals surface area contributed by atoms with Gasteiger partial charge in [0.15, 0.2) is 4.84 Å². The molecule has 0 saturated carbocycles. The quantitative estimate of drug-likeness (QED) is 0.657. The first kappa shape index (κ1) is 12.7. The third kappa shape index (κ3) is 4.82. The third-order valence-corrected chi connectivity index (χ3v) is 3.15. The zero-order valence-corrected chi connectivity index (χ0v) is 10.6. The number of carbonyl (C=O) groups is 1. The fourth-order valence-corrected chi connectivity index (χ4v) is 2.02. The lowest BCUT2D eigenvalue weighted by atomic mass is 10.3. The Bertz CT molecular complexity index is 328. The second-order valence-corrected chi connectivity index (χ2v) is 5.12. The van der Waals surface area contributed by atoms with Crippen molar-refractivity contribution in [2.75, 3.05) is 6.54 Å². The van der Waals surface area contributed by atoms with E-state index in [1.165, 1.54) is 0 Å². The zero-order valence-electron chi connectivity index (χ0n) is 8.30. The van der Waals surface area contributed by atoms with Gasteiger partial charge in [-0.15, -0.1) is 11.3 Å². The van der Waals surface area contributed by atoms with Gasteiger partial charge in [-0.25, -0.2) is 4.98 Å². The normalized spacial score (nSPS) is 10.7. The van der Waals surface area contributed by atoms with Crippen LogP contribution in [-0.4, -0.2) is 22.3 Å². The summed E-state index contributed by atoms with van der Waals surface area (Å²) in [7, 11) is 0. The maximum absolute atomic E-state index is 11.0. The van der Waals surface area contributed by atoms with Crippen molar-refractivity contribution < 1.29 is 4.79 Å². The monoisotopic (exact) mass is 266 g/mol. The highest BCUT2D eigenvalue weighted by Crippen LogP contribution is 2.10. The smallest absolute Gasteiger partial charge is 0.253 e. The van der Waals surface area contributed by atoms with Crippen LogP contribution in [0.2, 0.25) is 0 Å². The SMILES string of the molecule is Cc1csc(CCCNC(=O)C(Cl)Cl)n1. The summed E-state index contributed by atoms with van der Waals surface area (Å²) in [5, 5.41) is 5.74. The molecule has 0 fully saturated rings. The Morgan fingerprint density at radius 2 is 2.40 bits per heavy atom. The van der Waals surface area contributed by atoms with E-state index in [0.717, 1.165) is 23.5 Å². The number of aryl methyl sites for hydroxylation is 2. The Morgan fingerprint density at radius 3 is 2.93 bits per heavy atom. The molecule has 1 amide bonds. The molecule has 0 aromatic carbocycles. The Kier molecular flexibility index (Phi) is 5.36. The third-order valence-electron chi connectivity index (χ3n) is 1.73. The van der Waals surface area contributed by atoms with Gasteiger partial charge in [0.05, 0.1) is 5.01 Å². The predicted octanol–water partition coefficient (Wildman–Crippen LogP) is 2.30. The number of hydrogen-bond acceptors (Lipinski definition) is 3. The van der Waals surface area contributed by atoms with Gasteiger partial charge in [0.2, 0.25) is 0 Å². The molecule has 3 nitrogen and oxygen atoms in total. The summed E-state index contributed by atoms with van der Waals surface area (Å²) in [6.07, 6.45) is 1.72. The standard InChI is InChI=1S/C9H12Cl2N2OS/c1-6-5-15-7(13-6)3-2-4-12-9(14)8(10)11/h5,8H,2-4H2,1H3,(H,12,14). The van der Waals surface area contributed by atoms with Crippen molar-refractivity contribution in [2.24, 2.45) is 0 Å². The van der Waals surface area contributed by atoms with E-state index in [1.54, 1.807) is 11.3 Å². The second kappa shape index (κ2) is 6.30. The molecule has 84 valence electrons. The number of amides is 1. The van der Waals surface area contributed by atoms with E-state index in [0.29, 0.717) is 6.54 Å². The molecule has 0 spiro atoms. The molecule has 0 unspecified atom stereocenters. The van der Waals surface area contributed by atoms with Crippen LogP contribution in [0.25, 0.3) is 0 Å². The van der Waals surface area contributed by atoms with Crippen LogP contribution in [0.15, 0.2) is 5.38 Å². The minimum atomic E-state index is -0.980. The highest BCUT2D eigenvalue weighted by atomic mass is 35.5. The lowest BCUT2D eigenvalue weighted by molar-refractivity contribution is -0.119. The maximum atomic E-state index is 11.0. The maximum Gasteiger partial charge on any atom is 0.253 e. The average Bonchev–Trinajstić information content (AvgIpc) is 2.58. The molecule has 1 heterocycles. The van der Waals surface area contributed by atoms with Gasteiger partial charge < -0.3 is 5.32 Å². The minimum Gasteiger partial charge on any atom is -0.354 e. The lowest BCUT2D eigenvalue weighted by Gasteiger charge is -2.03. The van der Waals surface area contributed by atoms with E-state index in [4.69, 9.17) is 23.2 Å². The molecule has 0 aliphatic carbocycles. The number of rotatable bonds is 5. The molecular weight excluding hydrogens is 255 g/mol. The summed E-state index contributed by atoms with van der Waals surface area (Å²) >= 11 is 12.4. The van der Waals surface area contributed by atoms with Gasteiger partial charge in [0.25, 0.3) is 5.91 Å². The van der Waals surface area contributed by atoms with E-state index >= 15 is 0 Å². The summed E-state index contributed by atoms with van der Waals surface area (Å²) in [6.45, 7) is 2.54. The van der Waals surface area contributed by atoms with Gasteiger partial charge in [0.1, 0.15) is 0 Å². The van der Waals surface area contributed by atoms with Crippen LogP contribution in [0.3, 0.4) is 0 Å². The van der Waals surface area contributed by atoms with Crippen molar-refractivity contribution in [2.45, 2.75) is 24.6 Å². The van der Waals surface area contributed by atoms with Crippen molar-refractivity contribution in [3.8, 4) is 0 Å². The van der Waals surface area contributed by atoms with Crippen molar-refractivity contribution in [1.82, 2.24) is 10.3 Å². The highest BCUT2D eigenvalue weighted by Gasteiger charge is 2.09. The van der Waals surface area contributed by atoms with E-state index in [9.17, 15) is 4.79 Å². The molecule has 0 atom stereocenters.